The van der Waals surface area contributed by atoms with E-state index in [0.717, 1.165) is 35.2 Å². The molecular formula is C14H13ClN4S. The molecule has 0 spiro atoms. The molecule has 0 fully saturated rings. The quantitative estimate of drug-likeness (QED) is 0.854. The third-order valence-corrected chi connectivity index (χ3v) is 3.89. The summed E-state index contributed by atoms with van der Waals surface area (Å²) in [6.45, 7) is 0.777. The monoisotopic (exact) mass is 304 g/mol. The van der Waals surface area contributed by atoms with Crippen molar-refractivity contribution in [3.8, 4) is 0 Å². The molecule has 2 heterocycles. The molecule has 2 aromatic rings. The lowest BCUT2D eigenvalue weighted by molar-refractivity contribution is 0.840. The molecule has 3 rings (SSSR count). The van der Waals surface area contributed by atoms with Crippen molar-refractivity contribution >= 4 is 35.2 Å². The molecule has 0 amide bonds. The Morgan fingerprint density at radius 1 is 1.25 bits per heavy atom. The first-order valence-electron chi connectivity index (χ1n) is 6.26. The molecule has 20 heavy (non-hydrogen) atoms. The molecule has 102 valence electrons. The maximum Gasteiger partial charge on any atom is 0.207 e. The van der Waals surface area contributed by atoms with E-state index in [-0.39, 0.29) is 0 Å². The number of anilines is 1. The summed E-state index contributed by atoms with van der Waals surface area (Å²) in [4.78, 5) is 5.36. The first kappa shape index (κ1) is 13.3. The van der Waals surface area contributed by atoms with Crippen molar-refractivity contribution < 1.29 is 0 Å². The predicted octanol–water partition coefficient (Wildman–Crippen LogP) is 3.36. The minimum atomic E-state index is 0.714. The second kappa shape index (κ2) is 6.15. The number of benzene rings is 1. The molecule has 2 N–H and O–H groups in total. The summed E-state index contributed by atoms with van der Waals surface area (Å²) in [6, 6.07) is 11.7. The summed E-state index contributed by atoms with van der Waals surface area (Å²) in [5.41, 5.74) is 2.05. The van der Waals surface area contributed by atoms with Crippen LogP contribution in [0.15, 0.2) is 51.9 Å². The second-order valence-electron chi connectivity index (χ2n) is 4.29. The Morgan fingerprint density at radius 3 is 3.05 bits per heavy atom. The number of fused-ring (bicyclic) bond motifs is 1. The molecule has 0 atom stereocenters. The molecule has 1 aliphatic heterocycles. The highest BCUT2D eigenvalue weighted by atomic mass is 35.5. The van der Waals surface area contributed by atoms with Gasteiger partial charge in [0.05, 0.1) is 10.6 Å². The van der Waals surface area contributed by atoms with E-state index in [1.54, 1.807) is 6.20 Å². The van der Waals surface area contributed by atoms with E-state index in [9.17, 15) is 0 Å². The fourth-order valence-corrected chi connectivity index (χ4v) is 2.67. The molecule has 0 aliphatic carbocycles. The first-order chi connectivity index (χ1) is 9.81. The number of pyridine rings is 1. The van der Waals surface area contributed by atoms with E-state index < -0.39 is 0 Å². The fraction of sp³-hybridized carbons (Fsp3) is 0.143. The maximum atomic E-state index is 5.99. The van der Waals surface area contributed by atoms with Gasteiger partial charge in [-0.1, -0.05) is 17.7 Å². The number of aromatic nitrogens is 1. The Morgan fingerprint density at radius 2 is 2.20 bits per heavy atom. The lowest BCUT2D eigenvalue weighted by atomic mass is 10.3. The van der Waals surface area contributed by atoms with E-state index in [4.69, 9.17) is 11.6 Å². The minimum Gasteiger partial charge on any atom is -0.355 e. The Labute approximate surface area is 126 Å². The van der Waals surface area contributed by atoms with E-state index in [0.29, 0.717) is 5.02 Å². The summed E-state index contributed by atoms with van der Waals surface area (Å²) >= 11 is 7.43. The van der Waals surface area contributed by atoms with Gasteiger partial charge in [0.25, 0.3) is 0 Å². The van der Waals surface area contributed by atoms with Gasteiger partial charge in [0.1, 0.15) is 0 Å². The summed E-state index contributed by atoms with van der Waals surface area (Å²) in [5.74, 6) is 0.751. The van der Waals surface area contributed by atoms with Gasteiger partial charge < -0.3 is 10.6 Å². The van der Waals surface area contributed by atoms with Gasteiger partial charge in [0, 0.05) is 41.8 Å². The van der Waals surface area contributed by atoms with Crippen LogP contribution in [-0.4, -0.2) is 17.5 Å². The van der Waals surface area contributed by atoms with Crippen LogP contribution in [0.3, 0.4) is 0 Å². The lowest BCUT2D eigenvalue weighted by Gasteiger charge is -2.18. The lowest BCUT2D eigenvalue weighted by Crippen LogP contribution is -2.33. The highest BCUT2D eigenvalue weighted by Crippen LogP contribution is 2.33. The van der Waals surface area contributed by atoms with Crippen molar-refractivity contribution in [2.45, 2.75) is 11.3 Å². The van der Waals surface area contributed by atoms with Crippen LogP contribution in [0, 0.1) is 0 Å². The van der Waals surface area contributed by atoms with Crippen LogP contribution >= 0.6 is 23.5 Å². The highest BCUT2D eigenvalue weighted by molar-refractivity contribution is 7.98. The third kappa shape index (κ3) is 3.23. The van der Waals surface area contributed by atoms with E-state index in [1.807, 2.05) is 36.4 Å². The Balaban J connectivity index is 1.56. The van der Waals surface area contributed by atoms with Gasteiger partial charge in [-0.05, 0) is 30.3 Å². The minimum absolute atomic E-state index is 0.714. The first-order valence-corrected chi connectivity index (χ1v) is 7.42. The van der Waals surface area contributed by atoms with Crippen LogP contribution in [0.2, 0.25) is 5.02 Å². The van der Waals surface area contributed by atoms with Gasteiger partial charge in [-0.25, -0.2) is 0 Å². The van der Waals surface area contributed by atoms with Crippen LogP contribution < -0.4 is 10.6 Å². The summed E-state index contributed by atoms with van der Waals surface area (Å²) in [6.07, 6.45) is 2.66. The summed E-state index contributed by atoms with van der Waals surface area (Å²) < 4.78 is 4.38. The molecule has 0 radical (unpaired) electrons. The van der Waals surface area contributed by atoms with Crippen molar-refractivity contribution in [1.82, 2.24) is 10.3 Å². The SMILES string of the molecule is Clc1ccc2c(c1)NC(NCCc1ccccn1)=NS2. The Hall–Kier alpha value is -1.72. The number of nitrogens with zero attached hydrogens (tertiary/aromatic N) is 2. The Kier molecular flexibility index (Phi) is 4.08. The van der Waals surface area contributed by atoms with E-state index in [2.05, 4.69) is 20.0 Å². The second-order valence-corrected chi connectivity index (χ2v) is 5.54. The zero-order valence-electron chi connectivity index (χ0n) is 10.6. The van der Waals surface area contributed by atoms with Crippen molar-refractivity contribution in [1.29, 1.82) is 0 Å². The van der Waals surface area contributed by atoms with Gasteiger partial charge in [0.15, 0.2) is 0 Å². The van der Waals surface area contributed by atoms with Crippen molar-refractivity contribution in [2.24, 2.45) is 4.40 Å². The number of rotatable bonds is 3. The number of guanidine groups is 1. The number of hydrogen-bond acceptors (Lipinski definition) is 5. The summed E-state index contributed by atoms with van der Waals surface area (Å²) in [5, 5.41) is 7.22. The van der Waals surface area contributed by atoms with Crippen molar-refractivity contribution in [3.05, 3.63) is 53.3 Å². The molecule has 4 nitrogen and oxygen atoms in total. The van der Waals surface area contributed by atoms with Crippen LogP contribution in [0.4, 0.5) is 5.69 Å². The smallest absolute Gasteiger partial charge is 0.207 e. The van der Waals surface area contributed by atoms with Gasteiger partial charge in [-0.2, -0.15) is 4.40 Å². The number of halogens is 1. The number of nitrogens with one attached hydrogen (secondary N) is 2. The highest BCUT2D eigenvalue weighted by Gasteiger charge is 2.12. The van der Waals surface area contributed by atoms with Gasteiger partial charge in [-0.3, -0.25) is 4.98 Å². The molecule has 0 saturated carbocycles. The molecular weight excluding hydrogens is 292 g/mol. The Bertz CT molecular complexity index is 630. The number of hydrogen-bond donors (Lipinski definition) is 2. The average Bonchev–Trinajstić information content (AvgIpc) is 2.48. The molecule has 1 aromatic carbocycles. The molecule has 1 aliphatic rings. The van der Waals surface area contributed by atoms with Crippen molar-refractivity contribution in [2.75, 3.05) is 11.9 Å². The maximum absolute atomic E-state index is 5.99. The van der Waals surface area contributed by atoms with Crippen molar-refractivity contribution in [3.63, 3.8) is 0 Å². The van der Waals surface area contributed by atoms with E-state index >= 15 is 0 Å². The molecule has 6 heteroatoms. The fourth-order valence-electron chi connectivity index (χ4n) is 1.86. The normalized spacial score (nSPS) is 13.2. The molecule has 0 bridgehead atoms. The van der Waals surface area contributed by atoms with Gasteiger partial charge in [-0.15, -0.1) is 0 Å². The largest absolute Gasteiger partial charge is 0.355 e. The zero-order valence-corrected chi connectivity index (χ0v) is 12.2. The third-order valence-electron chi connectivity index (χ3n) is 2.83. The van der Waals surface area contributed by atoms with Crippen LogP contribution in [0.5, 0.6) is 0 Å². The van der Waals surface area contributed by atoms with Gasteiger partial charge >= 0.3 is 0 Å². The zero-order chi connectivity index (χ0) is 13.8. The summed E-state index contributed by atoms with van der Waals surface area (Å²) in [7, 11) is 0. The molecule has 0 unspecified atom stereocenters. The topological polar surface area (TPSA) is 49.3 Å². The molecule has 0 saturated heterocycles. The van der Waals surface area contributed by atoms with Crippen LogP contribution in [0.1, 0.15) is 5.69 Å². The van der Waals surface area contributed by atoms with E-state index in [1.165, 1.54) is 11.9 Å². The average molecular weight is 305 g/mol. The standard InChI is InChI=1S/C14H13ClN4S/c15-10-4-5-13-12(9-10)18-14(19-20-13)17-8-6-11-3-1-2-7-16-11/h1-5,7,9H,6,8H2,(H2,17,18,19). The molecule has 1 aromatic heterocycles. The van der Waals surface area contributed by atoms with Crippen LogP contribution in [0.25, 0.3) is 0 Å². The van der Waals surface area contributed by atoms with Crippen LogP contribution in [-0.2, 0) is 6.42 Å². The predicted molar refractivity (Wildman–Crippen MR) is 84.3 cm³/mol. The van der Waals surface area contributed by atoms with Gasteiger partial charge in [0.2, 0.25) is 5.96 Å².